The Morgan fingerprint density at radius 3 is 2.38 bits per heavy atom. The molecule has 1 atom stereocenters. The van der Waals surface area contributed by atoms with Crippen LogP contribution in [0, 0.1) is 5.82 Å². The van der Waals surface area contributed by atoms with Gasteiger partial charge in [-0.2, -0.15) is 0 Å². The van der Waals surface area contributed by atoms with Crippen molar-refractivity contribution in [1.29, 1.82) is 0 Å². The van der Waals surface area contributed by atoms with Gasteiger partial charge in [0, 0.05) is 12.6 Å². The van der Waals surface area contributed by atoms with Gasteiger partial charge in [-0.3, -0.25) is 9.69 Å². The fourth-order valence-corrected chi connectivity index (χ4v) is 3.62. The van der Waals surface area contributed by atoms with Crippen molar-refractivity contribution in [1.82, 2.24) is 4.90 Å². The summed E-state index contributed by atoms with van der Waals surface area (Å²) in [6, 6.07) is 21.0. The van der Waals surface area contributed by atoms with Crippen molar-refractivity contribution in [2.45, 2.75) is 5.54 Å². The molecule has 1 heterocycles. The fraction of sp³-hybridized carbons (Fsp3) is 0.130. The number of hydrogen-bond acceptors (Lipinski definition) is 4. The predicted molar refractivity (Wildman–Crippen MR) is 110 cm³/mol. The topological polar surface area (TPSA) is 67.9 Å². The summed E-state index contributed by atoms with van der Waals surface area (Å²) in [6.45, 7) is 0. The number of hydrogen-bond donors (Lipinski definition) is 1. The molecule has 0 aromatic heterocycles. The van der Waals surface area contributed by atoms with E-state index in [4.69, 9.17) is 10.5 Å². The molecule has 3 aromatic carbocycles. The van der Waals surface area contributed by atoms with Gasteiger partial charge in [-0.05, 0) is 41.0 Å². The first-order chi connectivity index (χ1) is 14.0. The van der Waals surface area contributed by atoms with Crippen molar-refractivity contribution < 1.29 is 13.9 Å². The first-order valence-electron chi connectivity index (χ1n) is 9.11. The van der Waals surface area contributed by atoms with Gasteiger partial charge in [0.1, 0.15) is 11.6 Å². The average molecular weight is 389 g/mol. The Kier molecular flexibility index (Phi) is 4.54. The third kappa shape index (κ3) is 2.93. The Morgan fingerprint density at radius 1 is 1.00 bits per heavy atom. The highest BCUT2D eigenvalue weighted by atomic mass is 19.1. The molecule has 146 valence electrons. The van der Waals surface area contributed by atoms with Crippen molar-refractivity contribution in [3.05, 3.63) is 89.7 Å². The number of likely N-dealkylation sites (N-methyl/N-ethyl adjacent to an activating group) is 1. The molecule has 6 heteroatoms. The van der Waals surface area contributed by atoms with Gasteiger partial charge in [-0.1, -0.05) is 48.5 Å². The molecule has 0 aliphatic carbocycles. The largest absolute Gasteiger partial charge is 0.497 e. The Hall–Kier alpha value is -3.67. The van der Waals surface area contributed by atoms with Gasteiger partial charge in [-0.15, -0.1) is 0 Å². The standard InChI is InChI=1S/C23H20FN3O2/c1-27-21(28)23(26-22(27)25,17-8-4-3-5-9-17)19-14-16(11-12-20(19)24)15-7-6-10-18(13-15)29-2/h3-14H,1-2H3,(H2,25,26). The van der Waals surface area contributed by atoms with E-state index < -0.39 is 17.3 Å². The van der Waals surface area contributed by atoms with Crippen LogP contribution >= 0.6 is 0 Å². The number of benzene rings is 3. The number of halogens is 1. The van der Waals surface area contributed by atoms with Gasteiger partial charge >= 0.3 is 0 Å². The van der Waals surface area contributed by atoms with Crippen LogP contribution in [0.4, 0.5) is 4.39 Å². The van der Waals surface area contributed by atoms with E-state index in [0.29, 0.717) is 11.3 Å². The van der Waals surface area contributed by atoms with E-state index >= 15 is 4.39 Å². The van der Waals surface area contributed by atoms with E-state index in [9.17, 15) is 4.79 Å². The molecule has 29 heavy (non-hydrogen) atoms. The van der Waals surface area contributed by atoms with Crippen LogP contribution in [0.2, 0.25) is 0 Å². The molecule has 0 bridgehead atoms. The van der Waals surface area contributed by atoms with E-state index in [2.05, 4.69) is 4.99 Å². The smallest absolute Gasteiger partial charge is 0.266 e. The zero-order chi connectivity index (χ0) is 20.6. The summed E-state index contributed by atoms with van der Waals surface area (Å²) in [5.74, 6) is -0.196. The fourth-order valence-electron chi connectivity index (χ4n) is 3.62. The maximum absolute atomic E-state index is 15.1. The number of nitrogens with two attached hydrogens (primary N) is 1. The molecule has 1 amide bonds. The van der Waals surface area contributed by atoms with Crippen LogP contribution in [0.3, 0.4) is 0 Å². The minimum absolute atomic E-state index is 0.0463. The third-order valence-electron chi connectivity index (χ3n) is 5.19. The van der Waals surface area contributed by atoms with Crippen molar-refractivity contribution >= 4 is 11.9 Å². The van der Waals surface area contributed by atoms with Crippen molar-refractivity contribution in [3.8, 4) is 16.9 Å². The van der Waals surface area contributed by atoms with Crippen LogP contribution in [-0.2, 0) is 10.3 Å². The molecule has 0 spiro atoms. The van der Waals surface area contributed by atoms with Gasteiger partial charge < -0.3 is 10.5 Å². The highest BCUT2D eigenvalue weighted by Gasteiger charge is 2.50. The minimum atomic E-state index is -1.57. The summed E-state index contributed by atoms with van der Waals surface area (Å²) in [5.41, 5.74) is 6.69. The highest BCUT2D eigenvalue weighted by molar-refractivity contribution is 6.09. The van der Waals surface area contributed by atoms with E-state index in [1.807, 2.05) is 30.3 Å². The molecule has 5 nitrogen and oxygen atoms in total. The molecule has 2 N–H and O–H groups in total. The molecule has 1 aliphatic rings. The lowest BCUT2D eigenvalue weighted by atomic mass is 9.81. The second-order valence-electron chi connectivity index (χ2n) is 6.84. The summed E-state index contributed by atoms with van der Waals surface area (Å²) in [7, 11) is 3.12. The summed E-state index contributed by atoms with van der Waals surface area (Å²) < 4.78 is 20.4. The Morgan fingerprint density at radius 2 is 1.72 bits per heavy atom. The molecule has 0 radical (unpaired) electrons. The van der Waals surface area contributed by atoms with Crippen molar-refractivity contribution in [2.24, 2.45) is 10.7 Å². The summed E-state index contributed by atoms with van der Waals surface area (Å²) in [5, 5.41) is 0. The predicted octanol–water partition coefficient (Wildman–Crippen LogP) is 3.53. The molecule has 1 aliphatic heterocycles. The SMILES string of the molecule is COc1cccc(-c2ccc(F)c(C3(c4ccccc4)N=C(N)N(C)C3=O)c2)c1. The second-order valence-corrected chi connectivity index (χ2v) is 6.84. The van der Waals surface area contributed by atoms with Crippen LogP contribution in [0.25, 0.3) is 11.1 Å². The Labute approximate surface area is 168 Å². The number of amides is 1. The lowest BCUT2D eigenvalue weighted by molar-refractivity contribution is -0.129. The molecule has 1 unspecified atom stereocenters. The molecular weight excluding hydrogens is 369 g/mol. The van der Waals surface area contributed by atoms with E-state index in [-0.39, 0.29) is 11.5 Å². The first-order valence-corrected chi connectivity index (χ1v) is 9.11. The highest BCUT2D eigenvalue weighted by Crippen LogP contribution is 2.41. The monoisotopic (exact) mass is 389 g/mol. The summed E-state index contributed by atoms with van der Waals surface area (Å²) >= 11 is 0. The van der Waals surface area contributed by atoms with E-state index in [0.717, 1.165) is 11.1 Å². The number of aliphatic imine (C=N–C) groups is 1. The maximum Gasteiger partial charge on any atom is 0.266 e. The number of methoxy groups -OCH3 is 1. The van der Waals surface area contributed by atoms with Gasteiger partial charge in [0.2, 0.25) is 0 Å². The summed E-state index contributed by atoms with van der Waals surface area (Å²) in [6.07, 6.45) is 0. The molecule has 0 saturated heterocycles. The number of nitrogens with zero attached hydrogens (tertiary/aromatic N) is 2. The Balaban J connectivity index is 1.96. The molecule has 3 aromatic rings. The maximum atomic E-state index is 15.1. The first kappa shape index (κ1) is 18.7. The van der Waals surface area contributed by atoms with Crippen LogP contribution in [0.1, 0.15) is 11.1 Å². The third-order valence-corrected chi connectivity index (χ3v) is 5.19. The molecule has 0 fully saturated rings. The van der Waals surface area contributed by atoms with Crippen LogP contribution in [0.5, 0.6) is 5.75 Å². The van der Waals surface area contributed by atoms with Gasteiger partial charge in [0.25, 0.3) is 5.91 Å². The number of carbonyl (C=O) groups excluding carboxylic acids is 1. The lowest BCUT2D eigenvalue weighted by Gasteiger charge is -2.27. The van der Waals surface area contributed by atoms with Crippen molar-refractivity contribution in [2.75, 3.05) is 14.2 Å². The van der Waals surface area contributed by atoms with Crippen LogP contribution in [-0.4, -0.2) is 30.9 Å². The van der Waals surface area contributed by atoms with E-state index in [1.54, 1.807) is 43.5 Å². The zero-order valence-corrected chi connectivity index (χ0v) is 16.1. The van der Waals surface area contributed by atoms with Gasteiger partial charge in [0.05, 0.1) is 7.11 Å². The quantitative estimate of drug-likeness (QED) is 0.742. The van der Waals surface area contributed by atoms with Crippen molar-refractivity contribution in [3.63, 3.8) is 0 Å². The van der Waals surface area contributed by atoms with E-state index in [1.165, 1.54) is 18.0 Å². The average Bonchev–Trinajstić information content (AvgIpc) is 2.99. The van der Waals surface area contributed by atoms with Gasteiger partial charge in [-0.25, -0.2) is 9.38 Å². The van der Waals surface area contributed by atoms with Gasteiger partial charge in [0.15, 0.2) is 11.5 Å². The number of guanidine groups is 1. The lowest BCUT2D eigenvalue weighted by Crippen LogP contribution is -2.41. The van der Waals surface area contributed by atoms with Crippen LogP contribution < -0.4 is 10.5 Å². The molecular formula is C23H20FN3O2. The number of rotatable bonds is 4. The zero-order valence-electron chi connectivity index (χ0n) is 16.1. The molecule has 0 saturated carbocycles. The molecule has 4 rings (SSSR count). The Bertz CT molecular complexity index is 1110. The second kappa shape index (κ2) is 7.05. The minimum Gasteiger partial charge on any atom is -0.497 e. The number of ether oxygens (including phenoxy) is 1. The number of carbonyl (C=O) groups is 1. The van der Waals surface area contributed by atoms with Crippen LogP contribution in [0.15, 0.2) is 77.8 Å². The normalized spacial score (nSPS) is 18.7. The summed E-state index contributed by atoms with van der Waals surface area (Å²) in [4.78, 5) is 19.0.